The number of benzene rings is 1. The molecule has 0 radical (unpaired) electrons. The van der Waals surface area contributed by atoms with Crippen molar-refractivity contribution in [1.82, 2.24) is 4.90 Å². The molecule has 0 spiro atoms. The predicted molar refractivity (Wildman–Crippen MR) is 88.1 cm³/mol. The van der Waals surface area contributed by atoms with Crippen molar-refractivity contribution in [3.8, 4) is 0 Å². The number of nitrogens with zero attached hydrogens (tertiary/aromatic N) is 1. The summed E-state index contributed by atoms with van der Waals surface area (Å²) in [4.78, 5) is 26.3. The molecular formula is C19H25NO3. The number of rotatable bonds is 3. The Hall–Kier alpha value is -1.84. The van der Waals surface area contributed by atoms with Gasteiger partial charge in [0.25, 0.3) is 0 Å². The zero-order valence-corrected chi connectivity index (χ0v) is 13.7. The molecule has 0 aromatic heterocycles. The molecule has 1 heterocycles. The number of aliphatic carboxylic acids is 1. The number of piperidine rings is 1. The summed E-state index contributed by atoms with van der Waals surface area (Å²) in [6.45, 7) is 2.62. The highest BCUT2D eigenvalue weighted by atomic mass is 16.4. The summed E-state index contributed by atoms with van der Waals surface area (Å²) in [7, 11) is 0. The number of carbonyl (C=O) groups excluding carboxylic acids is 1. The van der Waals surface area contributed by atoms with Crippen molar-refractivity contribution >= 4 is 11.9 Å². The van der Waals surface area contributed by atoms with Gasteiger partial charge in [0.1, 0.15) is 0 Å². The van der Waals surface area contributed by atoms with Gasteiger partial charge in [0.15, 0.2) is 0 Å². The number of carbonyl (C=O) groups is 2. The highest BCUT2D eigenvalue weighted by molar-refractivity contribution is 5.80. The maximum absolute atomic E-state index is 12.8. The van der Waals surface area contributed by atoms with Gasteiger partial charge < -0.3 is 10.0 Å². The van der Waals surface area contributed by atoms with Gasteiger partial charge in [0.2, 0.25) is 5.91 Å². The topological polar surface area (TPSA) is 57.6 Å². The lowest BCUT2D eigenvalue weighted by Crippen LogP contribution is -2.54. The third-order valence-corrected chi connectivity index (χ3v) is 5.46. The third-order valence-electron chi connectivity index (χ3n) is 5.46. The Bertz CT molecular complexity index is 598. The van der Waals surface area contributed by atoms with E-state index in [0.717, 1.165) is 36.8 Å². The van der Waals surface area contributed by atoms with Crippen molar-refractivity contribution in [2.45, 2.75) is 51.5 Å². The molecule has 0 bridgehead atoms. The van der Waals surface area contributed by atoms with Crippen LogP contribution in [0.5, 0.6) is 0 Å². The van der Waals surface area contributed by atoms with Crippen molar-refractivity contribution in [2.75, 3.05) is 6.54 Å². The van der Waals surface area contributed by atoms with Crippen LogP contribution in [0.15, 0.2) is 24.3 Å². The number of likely N-dealkylation sites (tertiary alicyclic amines) is 1. The molecule has 1 aromatic rings. The van der Waals surface area contributed by atoms with Crippen LogP contribution < -0.4 is 0 Å². The Labute approximate surface area is 137 Å². The van der Waals surface area contributed by atoms with E-state index in [9.17, 15) is 14.7 Å². The summed E-state index contributed by atoms with van der Waals surface area (Å²) in [5.74, 6) is -0.677. The molecule has 3 rings (SSSR count). The minimum atomic E-state index is -0.687. The molecule has 3 atom stereocenters. The van der Waals surface area contributed by atoms with Crippen LogP contribution in [0, 0.1) is 18.8 Å². The summed E-state index contributed by atoms with van der Waals surface area (Å²) < 4.78 is 0. The first kappa shape index (κ1) is 16.0. The van der Waals surface area contributed by atoms with E-state index in [1.54, 1.807) is 0 Å². The summed E-state index contributed by atoms with van der Waals surface area (Å²) >= 11 is 0. The van der Waals surface area contributed by atoms with Gasteiger partial charge in [-0.15, -0.1) is 0 Å². The van der Waals surface area contributed by atoms with Crippen LogP contribution in [0.3, 0.4) is 0 Å². The van der Waals surface area contributed by atoms with E-state index in [-0.39, 0.29) is 23.8 Å². The van der Waals surface area contributed by atoms with Crippen molar-refractivity contribution in [2.24, 2.45) is 11.8 Å². The van der Waals surface area contributed by atoms with E-state index in [1.165, 1.54) is 0 Å². The minimum absolute atomic E-state index is 0.121. The molecule has 1 saturated carbocycles. The fourth-order valence-corrected chi connectivity index (χ4v) is 4.37. The van der Waals surface area contributed by atoms with E-state index in [2.05, 4.69) is 6.07 Å². The standard InChI is InChI=1S/C19H25NO3/c1-13-5-4-6-14(11-13)12-18(21)20-10-9-16(19(22)23)15-7-2-3-8-17(15)20/h4-6,11,15-17H,2-3,7-10,12H2,1H3,(H,22,23). The molecule has 1 aliphatic carbocycles. The van der Waals surface area contributed by atoms with Gasteiger partial charge in [-0.3, -0.25) is 9.59 Å². The Morgan fingerprint density at radius 1 is 1.22 bits per heavy atom. The Balaban J connectivity index is 1.74. The average molecular weight is 315 g/mol. The van der Waals surface area contributed by atoms with Crippen LogP contribution in [-0.2, 0) is 16.0 Å². The van der Waals surface area contributed by atoms with E-state index >= 15 is 0 Å². The number of hydrogen-bond acceptors (Lipinski definition) is 2. The van der Waals surface area contributed by atoms with E-state index in [1.807, 2.05) is 30.0 Å². The lowest BCUT2D eigenvalue weighted by Gasteiger charge is -2.47. The van der Waals surface area contributed by atoms with Crippen LogP contribution >= 0.6 is 0 Å². The molecule has 2 fully saturated rings. The molecule has 4 heteroatoms. The summed E-state index contributed by atoms with van der Waals surface area (Å²) in [6, 6.07) is 8.19. The first-order valence-corrected chi connectivity index (χ1v) is 8.64. The average Bonchev–Trinajstić information content (AvgIpc) is 2.53. The highest BCUT2D eigenvalue weighted by Crippen LogP contribution is 2.39. The van der Waals surface area contributed by atoms with Gasteiger partial charge in [-0.25, -0.2) is 0 Å². The van der Waals surface area contributed by atoms with Crippen LogP contribution in [-0.4, -0.2) is 34.5 Å². The maximum atomic E-state index is 12.8. The molecule has 1 aromatic carbocycles. The number of fused-ring (bicyclic) bond motifs is 1. The van der Waals surface area contributed by atoms with Gasteiger partial charge in [-0.05, 0) is 37.7 Å². The van der Waals surface area contributed by atoms with Crippen LogP contribution in [0.1, 0.15) is 43.2 Å². The zero-order chi connectivity index (χ0) is 16.4. The van der Waals surface area contributed by atoms with Crippen molar-refractivity contribution in [3.63, 3.8) is 0 Å². The van der Waals surface area contributed by atoms with Crippen molar-refractivity contribution in [3.05, 3.63) is 35.4 Å². The van der Waals surface area contributed by atoms with E-state index in [4.69, 9.17) is 0 Å². The molecule has 1 N–H and O–H groups in total. The number of aryl methyl sites for hydroxylation is 1. The Morgan fingerprint density at radius 2 is 2.00 bits per heavy atom. The summed E-state index contributed by atoms with van der Waals surface area (Å²) in [6.07, 6.45) is 5.09. The molecule has 1 amide bonds. The van der Waals surface area contributed by atoms with Gasteiger partial charge >= 0.3 is 5.97 Å². The smallest absolute Gasteiger partial charge is 0.306 e. The predicted octanol–water partition coefficient (Wildman–Crippen LogP) is 3.03. The molecule has 23 heavy (non-hydrogen) atoms. The zero-order valence-electron chi connectivity index (χ0n) is 13.7. The van der Waals surface area contributed by atoms with E-state index in [0.29, 0.717) is 19.4 Å². The molecule has 1 aliphatic heterocycles. The normalized spacial score (nSPS) is 27.3. The number of carboxylic acids is 1. The van der Waals surface area contributed by atoms with Gasteiger partial charge in [0, 0.05) is 12.6 Å². The quantitative estimate of drug-likeness (QED) is 0.933. The maximum Gasteiger partial charge on any atom is 0.306 e. The Morgan fingerprint density at radius 3 is 2.74 bits per heavy atom. The largest absolute Gasteiger partial charge is 0.481 e. The second-order valence-electron chi connectivity index (χ2n) is 7.00. The molecule has 3 unspecified atom stereocenters. The van der Waals surface area contributed by atoms with Gasteiger partial charge in [0.05, 0.1) is 12.3 Å². The second-order valence-corrected chi connectivity index (χ2v) is 7.00. The first-order chi connectivity index (χ1) is 11.1. The fraction of sp³-hybridized carbons (Fsp3) is 0.579. The van der Waals surface area contributed by atoms with Crippen LogP contribution in [0.25, 0.3) is 0 Å². The van der Waals surface area contributed by atoms with Gasteiger partial charge in [-0.1, -0.05) is 42.7 Å². The van der Waals surface area contributed by atoms with Crippen LogP contribution in [0.2, 0.25) is 0 Å². The lowest BCUT2D eigenvalue weighted by molar-refractivity contribution is -0.153. The molecule has 1 saturated heterocycles. The number of hydrogen-bond donors (Lipinski definition) is 1. The minimum Gasteiger partial charge on any atom is -0.481 e. The van der Waals surface area contributed by atoms with Gasteiger partial charge in [-0.2, -0.15) is 0 Å². The fourth-order valence-electron chi connectivity index (χ4n) is 4.37. The summed E-state index contributed by atoms with van der Waals surface area (Å²) in [5, 5.41) is 9.46. The van der Waals surface area contributed by atoms with Crippen molar-refractivity contribution < 1.29 is 14.7 Å². The lowest BCUT2D eigenvalue weighted by atomic mass is 9.71. The SMILES string of the molecule is Cc1cccc(CC(=O)N2CCC(C(=O)O)C3CCCCC32)c1. The summed E-state index contributed by atoms with van der Waals surface area (Å²) in [5.41, 5.74) is 2.21. The molecule has 4 nitrogen and oxygen atoms in total. The second kappa shape index (κ2) is 6.73. The van der Waals surface area contributed by atoms with Crippen molar-refractivity contribution in [1.29, 1.82) is 0 Å². The molecule has 124 valence electrons. The molecule has 2 aliphatic rings. The monoisotopic (exact) mass is 315 g/mol. The third kappa shape index (κ3) is 3.41. The Kier molecular flexibility index (Phi) is 4.69. The van der Waals surface area contributed by atoms with E-state index < -0.39 is 5.97 Å². The number of carboxylic acid groups (broad SMARTS) is 1. The number of amides is 1. The molecular weight excluding hydrogens is 290 g/mol. The van der Waals surface area contributed by atoms with Crippen LogP contribution in [0.4, 0.5) is 0 Å². The first-order valence-electron chi connectivity index (χ1n) is 8.64. The highest BCUT2D eigenvalue weighted by Gasteiger charge is 2.43.